The molecule has 2 heterocycles. The van der Waals surface area contributed by atoms with Crippen molar-refractivity contribution in [2.75, 3.05) is 6.54 Å². The molecule has 5 nitrogen and oxygen atoms in total. The third-order valence-electron chi connectivity index (χ3n) is 2.91. The molecular weight excluding hydrogens is 214 g/mol. The summed E-state index contributed by atoms with van der Waals surface area (Å²) in [5.41, 5.74) is 3.38. The number of hydrogen-bond acceptors (Lipinski definition) is 4. The molecule has 0 saturated carbocycles. The first-order valence-electron chi connectivity index (χ1n) is 5.70. The minimum atomic E-state index is 0.106. The van der Waals surface area contributed by atoms with Crippen LogP contribution in [-0.4, -0.2) is 26.3 Å². The van der Waals surface area contributed by atoms with Crippen LogP contribution in [-0.2, 0) is 7.05 Å². The zero-order valence-electron chi connectivity index (χ0n) is 10.4. The van der Waals surface area contributed by atoms with Gasteiger partial charge in [0.05, 0.1) is 12.2 Å². The zero-order chi connectivity index (χ0) is 12.3. The van der Waals surface area contributed by atoms with Crippen LogP contribution in [0.25, 0.3) is 0 Å². The summed E-state index contributed by atoms with van der Waals surface area (Å²) in [7, 11) is 1.95. The molecule has 2 aromatic heterocycles. The highest BCUT2D eigenvalue weighted by Crippen LogP contribution is 2.23. The van der Waals surface area contributed by atoms with E-state index in [1.54, 1.807) is 6.33 Å². The van der Waals surface area contributed by atoms with Gasteiger partial charge in [-0.1, -0.05) is 6.92 Å². The van der Waals surface area contributed by atoms with Gasteiger partial charge in [0.25, 0.3) is 0 Å². The quantitative estimate of drug-likeness (QED) is 0.859. The Hall–Kier alpha value is -1.75. The van der Waals surface area contributed by atoms with Crippen LogP contribution in [0.15, 0.2) is 24.9 Å². The predicted molar refractivity (Wildman–Crippen MR) is 65.5 cm³/mol. The van der Waals surface area contributed by atoms with Crippen molar-refractivity contribution in [3.05, 3.63) is 41.7 Å². The van der Waals surface area contributed by atoms with Crippen molar-refractivity contribution in [1.29, 1.82) is 0 Å². The van der Waals surface area contributed by atoms with Crippen LogP contribution >= 0.6 is 0 Å². The van der Waals surface area contributed by atoms with Gasteiger partial charge in [-0.25, -0.2) is 9.97 Å². The van der Waals surface area contributed by atoms with E-state index < -0.39 is 0 Å². The van der Waals surface area contributed by atoms with Gasteiger partial charge in [0.15, 0.2) is 0 Å². The normalized spacial score (nSPS) is 12.6. The Kier molecular flexibility index (Phi) is 3.49. The molecule has 0 aliphatic heterocycles. The van der Waals surface area contributed by atoms with Gasteiger partial charge in [0.1, 0.15) is 6.33 Å². The molecule has 1 atom stereocenters. The van der Waals surface area contributed by atoms with Crippen LogP contribution in [0.2, 0.25) is 0 Å². The molecule has 1 unspecified atom stereocenters. The molecular formula is C12H17N5. The maximum absolute atomic E-state index is 4.28. The SMILES string of the molecule is CCNC(c1cncnc1)c1cnn(C)c1C. The Labute approximate surface area is 101 Å². The second-order valence-corrected chi connectivity index (χ2v) is 3.97. The molecule has 0 bridgehead atoms. The molecule has 0 radical (unpaired) electrons. The number of nitrogens with zero attached hydrogens (tertiary/aromatic N) is 4. The molecule has 0 fully saturated rings. The van der Waals surface area contributed by atoms with Crippen molar-refractivity contribution in [1.82, 2.24) is 25.1 Å². The van der Waals surface area contributed by atoms with E-state index in [2.05, 4.69) is 34.2 Å². The van der Waals surface area contributed by atoms with Crippen LogP contribution in [0.5, 0.6) is 0 Å². The standard InChI is InChI=1S/C12H17N5/c1-4-15-12(10-5-13-8-14-6-10)11-7-16-17(3)9(11)2/h5-8,12,15H,4H2,1-3H3. The summed E-state index contributed by atoms with van der Waals surface area (Å²) in [6.45, 7) is 5.03. The average Bonchev–Trinajstić information content (AvgIpc) is 2.69. The lowest BCUT2D eigenvalue weighted by Gasteiger charge is -2.17. The monoisotopic (exact) mass is 231 g/mol. The Morgan fingerprint density at radius 3 is 2.53 bits per heavy atom. The molecule has 90 valence electrons. The van der Waals surface area contributed by atoms with Crippen molar-refractivity contribution < 1.29 is 0 Å². The first-order valence-corrected chi connectivity index (χ1v) is 5.70. The van der Waals surface area contributed by atoms with E-state index in [0.29, 0.717) is 0 Å². The van der Waals surface area contributed by atoms with Gasteiger partial charge in [-0.15, -0.1) is 0 Å². The van der Waals surface area contributed by atoms with Crippen molar-refractivity contribution in [2.24, 2.45) is 7.05 Å². The molecule has 2 aromatic rings. The second kappa shape index (κ2) is 5.05. The molecule has 0 aliphatic carbocycles. The minimum absolute atomic E-state index is 0.106. The van der Waals surface area contributed by atoms with E-state index in [1.165, 1.54) is 5.56 Å². The largest absolute Gasteiger partial charge is 0.306 e. The van der Waals surface area contributed by atoms with Crippen LogP contribution in [0.1, 0.15) is 29.8 Å². The van der Waals surface area contributed by atoms with Crippen molar-refractivity contribution >= 4 is 0 Å². The number of hydrogen-bond donors (Lipinski definition) is 1. The summed E-state index contributed by atoms with van der Waals surface area (Å²) >= 11 is 0. The molecule has 0 aromatic carbocycles. The smallest absolute Gasteiger partial charge is 0.115 e. The van der Waals surface area contributed by atoms with Gasteiger partial charge in [-0.3, -0.25) is 4.68 Å². The molecule has 0 saturated heterocycles. The predicted octanol–water partition coefficient (Wildman–Crippen LogP) is 1.22. The Morgan fingerprint density at radius 1 is 1.29 bits per heavy atom. The summed E-state index contributed by atoms with van der Waals surface area (Å²) in [6, 6.07) is 0.106. The number of nitrogens with one attached hydrogen (secondary N) is 1. The third kappa shape index (κ3) is 2.34. The summed E-state index contributed by atoms with van der Waals surface area (Å²) < 4.78 is 1.88. The van der Waals surface area contributed by atoms with E-state index in [4.69, 9.17) is 0 Å². The molecule has 0 aliphatic rings. The van der Waals surface area contributed by atoms with Gasteiger partial charge in [-0.05, 0) is 13.5 Å². The highest BCUT2D eigenvalue weighted by Gasteiger charge is 2.18. The van der Waals surface area contributed by atoms with E-state index in [0.717, 1.165) is 17.8 Å². The molecule has 5 heteroatoms. The third-order valence-corrected chi connectivity index (χ3v) is 2.91. The van der Waals surface area contributed by atoms with Crippen LogP contribution in [0.3, 0.4) is 0 Å². The lowest BCUT2D eigenvalue weighted by molar-refractivity contribution is 0.620. The molecule has 17 heavy (non-hydrogen) atoms. The van der Waals surface area contributed by atoms with Gasteiger partial charge < -0.3 is 5.32 Å². The first-order chi connectivity index (χ1) is 8.24. The number of aryl methyl sites for hydroxylation is 1. The van der Waals surface area contributed by atoms with Crippen LogP contribution in [0, 0.1) is 6.92 Å². The number of rotatable bonds is 4. The Balaban J connectivity index is 2.39. The van der Waals surface area contributed by atoms with E-state index in [1.807, 2.05) is 30.3 Å². The van der Waals surface area contributed by atoms with Crippen LogP contribution < -0.4 is 5.32 Å². The van der Waals surface area contributed by atoms with Gasteiger partial charge in [0, 0.05) is 36.3 Å². The average molecular weight is 231 g/mol. The fraction of sp³-hybridized carbons (Fsp3) is 0.417. The molecule has 0 spiro atoms. The molecule has 0 amide bonds. The Bertz CT molecular complexity index is 477. The first kappa shape index (κ1) is 11.7. The van der Waals surface area contributed by atoms with Gasteiger partial charge in [0.2, 0.25) is 0 Å². The molecule has 2 rings (SSSR count). The summed E-state index contributed by atoms with van der Waals surface area (Å²) in [5.74, 6) is 0. The second-order valence-electron chi connectivity index (χ2n) is 3.97. The zero-order valence-corrected chi connectivity index (χ0v) is 10.4. The maximum atomic E-state index is 4.28. The summed E-state index contributed by atoms with van der Waals surface area (Å²) in [5, 5.41) is 7.72. The Morgan fingerprint density at radius 2 is 2.00 bits per heavy atom. The van der Waals surface area contributed by atoms with Gasteiger partial charge >= 0.3 is 0 Å². The minimum Gasteiger partial charge on any atom is -0.306 e. The molecule has 1 N–H and O–H groups in total. The topological polar surface area (TPSA) is 55.6 Å². The van der Waals surface area contributed by atoms with E-state index in [9.17, 15) is 0 Å². The van der Waals surface area contributed by atoms with E-state index in [-0.39, 0.29) is 6.04 Å². The summed E-state index contributed by atoms with van der Waals surface area (Å²) in [6.07, 6.45) is 7.12. The van der Waals surface area contributed by atoms with Crippen molar-refractivity contribution in [2.45, 2.75) is 19.9 Å². The number of aromatic nitrogens is 4. The highest BCUT2D eigenvalue weighted by atomic mass is 15.3. The lowest BCUT2D eigenvalue weighted by atomic mass is 10.0. The summed E-state index contributed by atoms with van der Waals surface area (Å²) in [4.78, 5) is 8.14. The lowest BCUT2D eigenvalue weighted by Crippen LogP contribution is -2.22. The van der Waals surface area contributed by atoms with Gasteiger partial charge in [-0.2, -0.15) is 5.10 Å². The van der Waals surface area contributed by atoms with E-state index >= 15 is 0 Å². The van der Waals surface area contributed by atoms with Crippen molar-refractivity contribution in [3.63, 3.8) is 0 Å². The maximum Gasteiger partial charge on any atom is 0.115 e. The fourth-order valence-electron chi connectivity index (χ4n) is 1.87. The fourth-order valence-corrected chi connectivity index (χ4v) is 1.87. The van der Waals surface area contributed by atoms with Crippen molar-refractivity contribution in [3.8, 4) is 0 Å². The van der Waals surface area contributed by atoms with Crippen LogP contribution in [0.4, 0.5) is 0 Å². The highest BCUT2D eigenvalue weighted by molar-refractivity contribution is 5.30.